The van der Waals surface area contributed by atoms with Crippen molar-refractivity contribution in [3.05, 3.63) is 78.2 Å². The molecule has 3 heterocycles. The Kier molecular flexibility index (Phi) is 4.18. The largest absolute Gasteiger partial charge is 0.473 e. The third-order valence-corrected chi connectivity index (χ3v) is 4.24. The summed E-state index contributed by atoms with van der Waals surface area (Å²) in [5.41, 5.74) is 15.3. The van der Waals surface area contributed by atoms with Crippen molar-refractivity contribution < 1.29 is 9.53 Å². The highest BCUT2D eigenvalue weighted by atomic mass is 16.5. The number of carbonyl (C=O) groups excluding carboxylic acids is 1. The third kappa shape index (κ3) is 3.30. The molecule has 134 valence electrons. The van der Waals surface area contributed by atoms with Crippen LogP contribution in [0.15, 0.2) is 67.1 Å². The van der Waals surface area contributed by atoms with Crippen LogP contribution in [-0.4, -0.2) is 20.5 Å². The molecule has 0 atom stereocenters. The van der Waals surface area contributed by atoms with E-state index in [4.69, 9.17) is 16.2 Å². The molecular weight excluding hydrogens is 342 g/mol. The molecule has 3 aromatic heterocycles. The molecule has 4 rings (SSSR count). The Morgan fingerprint density at radius 3 is 2.59 bits per heavy atom. The van der Waals surface area contributed by atoms with Crippen LogP contribution < -0.4 is 16.2 Å². The number of amides is 1. The Labute approximate surface area is 155 Å². The van der Waals surface area contributed by atoms with Crippen molar-refractivity contribution in [3.63, 3.8) is 0 Å². The van der Waals surface area contributed by atoms with Gasteiger partial charge in [-0.25, -0.2) is 9.50 Å². The number of primary amides is 1. The minimum absolute atomic E-state index is 0.204. The second-order valence-corrected chi connectivity index (χ2v) is 6.05. The van der Waals surface area contributed by atoms with E-state index in [1.165, 1.54) is 6.20 Å². The zero-order chi connectivity index (χ0) is 18.8. The first-order valence-electron chi connectivity index (χ1n) is 8.31. The van der Waals surface area contributed by atoms with Gasteiger partial charge in [-0.3, -0.25) is 4.79 Å². The highest BCUT2D eigenvalue weighted by Gasteiger charge is 2.13. The lowest BCUT2D eigenvalue weighted by molar-refractivity contribution is 0.100. The molecule has 4 aromatic rings. The van der Waals surface area contributed by atoms with Gasteiger partial charge in [0, 0.05) is 29.6 Å². The van der Waals surface area contributed by atoms with Gasteiger partial charge in [-0.2, -0.15) is 5.10 Å². The molecule has 0 saturated carbocycles. The number of fused-ring (bicyclic) bond motifs is 1. The molecular formula is C20H17N5O2. The number of benzene rings is 1. The molecule has 0 spiro atoms. The molecule has 0 aliphatic heterocycles. The van der Waals surface area contributed by atoms with Crippen LogP contribution >= 0.6 is 0 Å². The highest BCUT2D eigenvalue weighted by Crippen LogP contribution is 2.27. The van der Waals surface area contributed by atoms with Crippen LogP contribution in [0.3, 0.4) is 0 Å². The zero-order valence-electron chi connectivity index (χ0n) is 14.4. The molecule has 1 aromatic carbocycles. The van der Waals surface area contributed by atoms with Crippen molar-refractivity contribution in [2.24, 2.45) is 5.73 Å². The Hall–Kier alpha value is -3.87. The molecule has 0 unspecified atom stereocenters. The van der Waals surface area contributed by atoms with Gasteiger partial charge in [0.2, 0.25) is 5.88 Å². The van der Waals surface area contributed by atoms with Crippen molar-refractivity contribution in [2.75, 3.05) is 5.73 Å². The summed E-state index contributed by atoms with van der Waals surface area (Å²) in [4.78, 5) is 15.8. The maximum atomic E-state index is 11.4. The molecule has 0 saturated heterocycles. The van der Waals surface area contributed by atoms with Gasteiger partial charge in [0.25, 0.3) is 5.91 Å². The van der Waals surface area contributed by atoms with Gasteiger partial charge in [0.1, 0.15) is 6.61 Å². The Balaban J connectivity index is 1.56. The van der Waals surface area contributed by atoms with Crippen molar-refractivity contribution in [1.29, 1.82) is 0 Å². The summed E-state index contributed by atoms with van der Waals surface area (Å²) in [6, 6.07) is 15.5. The second-order valence-electron chi connectivity index (χ2n) is 6.05. The van der Waals surface area contributed by atoms with E-state index in [1.807, 2.05) is 54.7 Å². The van der Waals surface area contributed by atoms with Crippen molar-refractivity contribution >= 4 is 17.1 Å². The van der Waals surface area contributed by atoms with E-state index in [2.05, 4.69) is 10.1 Å². The number of hydrogen-bond acceptors (Lipinski definition) is 5. The number of anilines is 1. The fourth-order valence-corrected chi connectivity index (χ4v) is 2.80. The molecule has 1 amide bonds. The molecule has 0 bridgehead atoms. The average Bonchev–Trinajstić information content (AvgIpc) is 3.13. The highest BCUT2D eigenvalue weighted by molar-refractivity contribution is 6.01. The SMILES string of the molecule is NC(=O)c1cnn2cc(-c3ccc(OCc4ccccc4)nc3)cc2c1N. The average molecular weight is 359 g/mol. The number of nitrogen functional groups attached to an aromatic ring is 1. The molecule has 0 radical (unpaired) electrons. The van der Waals surface area contributed by atoms with Crippen LogP contribution in [0.2, 0.25) is 0 Å². The first-order chi connectivity index (χ1) is 13.1. The van der Waals surface area contributed by atoms with E-state index in [1.54, 1.807) is 10.7 Å². The summed E-state index contributed by atoms with van der Waals surface area (Å²) in [6.07, 6.45) is 4.91. The fraction of sp³-hybridized carbons (Fsp3) is 0.0500. The number of hydrogen-bond donors (Lipinski definition) is 2. The van der Waals surface area contributed by atoms with E-state index in [0.717, 1.165) is 16.7 Å². The third-order valence-electron chi connectivity index (χ3n) is 4.24. The lowest BCUT2D eigenvalue weighted by Gasteiger charge is -2.05. The Bertz CT molecular complexity index is 1100. The summed E-state index contributed by atoms with van der Waals surface area (Å²) in [5, 5.41) is 4.18. The molecule has 7 nitrogen and oxygen atoms in total. The van der Waals surface area contributed by atoms with Crippen molar-refractivity contribution in [3.8, 4) is 17.0 Å². The van der Waals surface area contributed by atoms with E-state index in [0.29, 0.717) is 23.7 Å². The van der Waals surface area contributed by atoms with E-state index in [-0.39, 0.29) is 5.56 Å². The van der Waals surface area contributed by atoms with Crippen LogP contribution in [-0.2, 0) is 6.61 Å². The molecule has 4 N–H and O–H groups in total. The lowest BCUT2D eigenvalue weighted by atomic mass is 10.1. The van der Waals surface area contributed by atoms with Gasteiger partial charge in [-0.05, 0) is 17.7 Å². The van der Waals surface area contributed by atoms with Crippen LogP contribution in [0.4, 0.5) is 5.69 Å². The maximum absolute atomic E-state index is 11.4. The summed E-state index contributed by atoms with van der Waals surface area (Å²) in [6.45, 7) is 0.458. The van der Waals surface area contributed by atoms with Gasteiger partial charge in [0.15, 0.2) is 0 Å². The Morgan fingerprint density at radius 2 is 1.89 bits per heavy atom. The second kappa shape index (κ2) is 6.80. The predicted octanol–water partition coefficient (Wildman–Crippen LogP) is 2.66. The molecule has 0 aliphatic carbocycles. The van der Waals surface area contributed by atoms with E-state index < -0.39 is 5.91 Å². The van der Waals surface area contributed by atoms with E-state index >= 15 is 0 Å². The summed E-state index contributed by atoms with van der Waals surface area (Å²) >= 11 is 0. The summed E-state index contributed by atoms with van der Waals surface area (Å²) in [5.74, 6) is -0.0631. The summed E-state index contributed by atoms with van der Waals surface area (Å²) < 4.78 is 7.31. The normalized spacial score (nSPS) is 10.8. The predicted molar refractivity (Wildman–Crippen MR) is 102 cm³/mol. The molecule has 27 heavy (non-hydrogen) atoms. The minimum Gasteiger partial charge on any atom is -0.473 e. The summed E-state index contributed by atoms with van der Waals surface area (Å²) in [7, 11) is 0. The van der Waals surface area contributed by atoms with Gasteiger partial charge in [-0.15, -0.1) is 0 Å². The molecule has 0 aliphatic rings. The topological polar surface area (TPSA) is 109 Å². The number of pyridine rings is 1. The van der Waals surface area contributed by atoms with Crippen LogP contribution in [0.1, 0.15) is 15.9 Å². The van der Waals surface area contributed by atoms with Crippen LogP contribution in [0.5, 0.6) is 5.88 Å². The van der Waals surface area contributed by atoms with Crippen molar-refractivity contribution in [2.45, 2.75) is 6.61 Å². The van der Waals surface area contributed by atoms with Gasteiger partial charge in [-0.1, -0.05) is 30.3 Å². The number of aromatic nitrogens is 3. The van der Waals surface area contributed by atoms with Gasteiger partial charge < -0.3 is 16.2 Å². The molecule has 0 fully saturated rings. The number of ether oxygens (including phenoxy) is 1. The smallest absolute Gasteiger partial charge is 0.252 e. The standard InChI is InChI=1S/C20H17N5O2/c21-19-16(20(22)26)10-24-25-11-15(8-17(19)25)14-6-7-18(23-9-14)27-12-13-4-2-1-3-5-13/h1-11H,12,21H2,(H2,22,26). The monoisotopic (exact) mass is 359 g/mol. The van der Waals surface area contributed by atoms with Crippen LogP contribution in [0.25, 0.3) is 16.6 Å². The van der Waals surface area contributed by atoms with Crippen LogP contribution in [0, 0.1) is 0 Å². The number of rotatable bonds is 5. The van der Waals surface area contributed by atoms with Gasteiger partial charge >= 0.3 is 0 Å². The first-order valence-corrected chi connectivity index (χ1v) is 8.31. The zero-order valence-corrected chi connectivity index (χ0v) is 14.4. The Morgan fingerprint density at radius 1 is 1.07 bits per heavy atom. The maximum Gasteiger partial charge on any atom is 0.252 e. The number of nitrogens with zero attached hydrogens (tertiary/aromatic N) is 3. The van der Waals surface area contributed by atoms with Gasteiger partial charge in [0.05, 0.1) is 23.0 Å². The van der Waals surface area contributed by atoms with Crippen molar-refractivity contribution in [1.82, 2.24) is 14.6 Å². The quantitative estimate of drug-likeness (QED) is 0.569. The fourth-order valence-electron chi connectivity index (χ4n) is 2.80. The lowest BCUT2D eigenvalue weighted by Crippen LogP contribution is -2.15. The minimum atomic E-state index is -0.605. The van der Waals surface area contributed by atoms with E-state index in [9.17, 15) is 4.79 Å². The first kappa shape index (κ1) is 16.6. The number of nitrogens with two attached hydrogens (primary N) is 2. The number of carbonyl (C=O) groups is 1. The molecule has 7 heteroatoms.